The van der Waals surface area contributed by atoms with Crippen molar-refractivity contribution in [3.8, 4) is 0 Å². The maximum Gasteiger partial charge on any atom is 0.246 e. The zero-order valence-electron chi connectivity index (χ0n) is 8.66. The zero-order chi connectivity index (χ0) is 10.0. The van der Waals surface area contributed by atoms with Gasteiger partial charge < -0.3 is 4.90 Å². The highest BCUT2D eigenvalue weighted by Crippen LogP contribution is 2.13. The molecule has 0 bridgehead atoms. The summed E-state index contributed by atoms with van der Waals surface area (Å²) in [7, 11) is 2.09. The summed E-state index contributed by atoms with van der Waals surface area (Å²) in [5.74, 6) is 0.0486. The fourth-order valence-electron chi connectivity index (χ4n) is 1.72. The Morgan fingerprint density at radius 3 is 2.54 bits per heavy atom. The van der Waals surface area contributed by atoms with E-state index >= 15 is 0 Å². The van der Waals surface area contributed by atoms with Gasteiger partial charge in [0.25, 0.3) is 0 Å². The quantitative estimate of drug-likeness (QED) is 0.558. The second kappa shape index (κ2) is 3.92. The highest BCUT2D eigenvalue weighted by atomic mass is 16.2. The van der Waals surface area contributed by atoms with Crippen molar-refractivity contribution in [2.75, 3.05) is 20.1 Å². The molecule has 3 heteroatoms. The molecule has 1 fully saturated rings. The van der Waals surface area contributed by atoms with Crippen molar-refractivity contribution in [2.45, 2.75) is 25.9 Å². The van der Waals surface area contributed by atoms with E-state index in [4.69, 9.17) is 0 Å². The Morgan fingerprint density at radius 1 is 1.38 bits per heavy atom. The lowest BCUT2D eigenvalue weighted by Crippen LogP contribution is -2.56. The number of hydrogen-bond acceptors (Lipinski definition) is 2. The van der Waals surface area contributed by atoms with Crippen molar-refractivity contribution in [1.82, 2.24) is 9.80 Å². The maximum absolute atomic E-state index is 11.4. The van der Waals surface area contributed by atoms with Crippen LogP contribution in [0.1, 0.15) is 13.8 Å². The molecule has 1 rings (SSSR count). The Bertz CT molecular complexity index is 215. The van der Waals surface area contributed by atoms with Gasteiger partial charge in [0.15, 0.2) is 0 Å². The monoisotopic (exact) mass is 182 g/mol. The largest absolute Gasteiger partial charge is 0.334 e. The second-order valence-corrected chi connectivity index (χ2v) is 3.83. The van der Waals surface area contributed by atoms with Crippen LogP contribution in [0.25, 0.3) is 0 Å². The van der Waals surface area contributed by atoms with Crippen LogP contribution in [0.15, 0.2) is 12.7 Å². The van der Waals surface area contributed by atoms with Crippen LogP contribution >= 0.6 is 0 Å². The van der Waals surface area contributed by atoms with E-state index in [0.29, 0.717) is 12.1 Å². The first kappa shape index (κ1) is 10.3. The molecule has 0 radical (unpaired) electrons. The van der Waals surface area contributed by atoms with E-state index in [9.17, 15) is 4.79 Å². The third-order valence-corrected chi connectivity index (χ3v) is 2.76. The lowest BCUT2D eigenvalue weighted by Gasteiger charge is -2.42. The van der Waals surface area contributed by atoms with Crippen LogP contribution in [-0.2, 0) is 4.79 Å². The van der Waals surface area contributed by atoms with Crippen molar-refractivity contribution < 1.29 is 4.79 Å². The average molecular weight is 182 g/mol. The van der Waals surface area contributed by atoms with Gasteiger partial charge in [-0.15, -0.1) is 0 Å². The van der Waals surface area contributed by atoms with Crippen molar-refractivity contribution >= 4 is 5.91 Å². The molecule has 1 heterocycles. The van der Waals surface area contributed by atoms with Crippen LogP contribution in [0.2, 0.25) is 0 Å². The molecule has 0 spiro atoms. The van der Waals surface area contributed by atoms with Crippen LogP contribution in [0.5, 0.6) is 0 Å². The van der Waals surface area contributed by atoms with Crippen LogP contribution in [0.3, 0.4) is 0 Å². The Labute approximate surface area is 80.0 Å². The van der Waals surface area contributed by atoms with Crippen LogP contribution < -0.4 is 0 Å². The molecule has 0 unspecified atom stereocenters. The summed E-state index contributed by atoms with van der Waals surface area (Å²) in [4.78, 5) is 15.6. The van der Waals surface area contributed by atoms with Crippen LogP contribution in [0, 0.1) is 0 Å². The van der Waals surface area contributed by atoms with Gasteiger partial charge in [0, 0.05) is 25.2 Å². The Kier molecular flexibility index (Phi) is 3.09. The maximum atomic E-state index is 11.4. The number of amides is 1. The standard InChI is InChI=1S/C10H18N2O/c1-5-10(13)12-7-8(2)11(4)6-9(12)3/h5,8-9H,1,6-7H2,2-4H3/t8-,9+/m0/s1. The number of carbonyl (C=O) groups is 1. The van der Waals surface area contributed by atoms with Gasteiger partial charge in [-0.3, -0.25) is 9.69 Å². The molecule has 3 nitrogen and oxygen atoms in total. The van der Waals surface area contributed by atoms with Gasteiger partial charge in [0.05, 0.1) is 0 Å². The molecule has 1 aliphatic rings. The van der Waals surface area contributed by atoms with Gasteiger partial charge in [0.1, 0.15) is 0 Å². The van der Waals surface area contributed by atoms with Crippen molar-refractivity contribution in [3.63, 3.8) is 0 Å². The zero-order valence-corrected chi connectivity index (χ0v) is 8.66. The van der Waals surface area contributed by atoms with E-state index in [1.54, 1.807) is 0 Å². The van der Waals surface area contributed by atoms with E-state index in [0.717, 1.165) is 13.1 Å². The molecule has 1 amide bonds. The summed E-state index contributed by atoms with van der Waals surface area (Å²) in [5, 5.41) is 0. The van der Waals surface area contributed by atoms with E-state index in [-0.39, 0.29) is 5.91 Å². The van der Waals surface area contributed by atoms with Gasteiger partial charge in [-0.05, 0) is 27.0 Å². The Morgan fingerprint density at radius 2 is 2.00 bits per heavy atom. The number of piperazine rings is 1. The van der Waals surface area contributed by atoms with E-state index in [1.165, 1.54) is 6.08 Å². The molecule has 0 aromatic rings. The summed E-state index contributed by atoms with van der Waals surface area (Å²) >= 11 is 0. The minimum Gasteiger partial charge on any atom is -0.334 e. The summed E-state index contributed by atoms with van der Waals surface area (Å²) in [6.07, 6.45) is 1.40. The lowest BCUT2D eigenvalue weighted by molar-refractivity contribution is -0.131. The Balaban J connectivity index is 2.66. The number of likely N-dealkylation sites (N-methyl/N-ethyl adjacent to an activating group) is 1. The summed E-state index contributed by atoms with van der Waals surface area (Å²) in [6, 6.07) is 0.742. The summed E-state index contributed by atoms with van der Waals surface area (Å²) < 4.78 is 0. The SMILES string of the molecule is C=CC(=O)N1C[C@H](C)N(C)C[C@H]1C. The predicted molar refractivity (Wildman–Crippen MR) is 53.5 cm³/mol. The summed E-state index contributed by atoms with van der Waals surface area (Å²) in [6.45, 7) is 9.47. The molecule has 1 saturated heterocycles. The predicted octanol–water partition coefficient (Wildman–Crippen LogP) is 0.723. The third-order valence-electron chi connectivity index (χ3n) is 2.76. The molecule has 0 aromatic carbocycles. The van der Waals surface area contributed by atoms with E-state index in [1.807, 2.05) is 4.90 Å². The number of hydrogen-bond donors (Lipinski definition) is 0. The molecule has 74 valence electrons. The molecular weight excluding hydrogens is 164 g/mol. The smallest absolute Gasteiger partial charge is 0.246 e. The van der Waals surface area contributed by atoms with Gasteiger partial charge in [0.2, 0.25) is 5.91 Å². The first-order valence-electron chi connectivity index (χ1n) is 4.69. The van der Waals surface area contributed by atoms with Crippen molar-refractivity contribution in [3.05, 3.63) is 12.7 Å². The summed E-state index contributed by atoms with van der Waals surface area (Å²) in [5.41, 5.74) is 0. The molecule has 1 aliphatic heterocycles. The Hall–Kier alpha value is -0.830. The number of nitrogens with zero attached hydrogens (tertiary/aromatic N) is 2. The molecule has 2 atom stereocenters. The van der Waals surface area contributed by atoms with E-state index in [2.05, 4.69) is 32.4 Å². The highest BCUT2D eigenvalue weighted by molar-refractivity contribution is 5.87. The van der Waals surface area contributed by atoms with Gasteiger partial charge in [-0.25, -0.2) is 0 Å². The molecule has 0 N–H and O–H groups in total. The second-order valence-electron chi connectivity index (χ2n) is 3.83. The van der Waals surface area contributed by atoms with Crippen LogP contribution in [-0.4, -0.2) is 47.9 Å². The van der Waals surface area contributed by atoms with Crippen molar-refractivity contribution in [2.24, 2.45) is 0 Å². The lowest BCUT2D eigenvalue weighted by atomic mass is 10.1. The molecule has 0 aromatic heterocycles. The van der Waals surface area contributed by atoms with Crippen molar-refractivity contribution in [1.29, 1.82) is 0 Å². The first-order valence-corrected chi connectivity index (χ1v) is 4.69. The minimum absolute atomic E-state index is 0.0486. The highest BCUT2D eigenvalue weighted by Gasteiger charge is 2.28. The normalized spacial score (nSPS) is 30.2. The van der Waals surface area contributed by atoms with E-state index < -0.39 is 0 Å². The average Bonchev–Trinajstić information content (AvgIpc) is 2.10. The number of carbonyl (C=O) groups excluding carboxylic acids is 1. The fourth-order valence-corrected chi connectivity index (χ4v) is 1.72. The van der Waals surface area contributed by atoms with Crippen LogP contribution in [0.4, 0.5) is 0 Å². The van der Waals surface area contributed by atoms with Gasteiger partial charge in [-0.1, -0.05) is 6.58 Å². The number of rotatable bonds is 1. The molecular formula is C10H18N2O. The van der Waals surface area contributed by atoms with Gasteiger partial charge >= 0.3 is 0 Å². The molecule has 13 heavy (non-hydrogen) atoms. The topological polar surface area (TPSA) is 23.6 Å². The van der Waals surface area contributed by atoms with Gasteiger partial charge in [-0.2, -0.15) is 0 Å². The third kappa shape index (κ3) is 2.10. The fraction of sp³-hybridized carbons (Fsp3) is 0.700. The molecule has 0 saturated carbocycles. The first-order chi connectivity index (χ1) is 6.06. The minimum atomic E-state index is 0.0486. The molecule has 0 aliphatic carbocycles.